The first kappa shape index (κ1) is 15.5. The van der Waals surface area contributed by atoms with Crippen molar-refractivity contribution in [2.45, 2.75) is 39.7 Å². The Morgan fingerprint density at radius 2 is 1.86 bits per heavy atom. The quantitative estimate of drug-likeness (QED) is 0.845. The van der Waals surface area contributed by atoms with Gasteiger partial charge in [0.15, 0.2) is 0 Å². The number of benzene rings is 2. The zero-order chi connectivity index (χ0) is 15.4. The van der Waals surface area contributed by atoms with E-state index < -0.39 is 6.10 Å². The third kappa shape index (κ3) is 3.82. The molecular weight excluding hydrogens is 267 g/mol. The molecule has 0 fully saturated rings. The van der Waals surface area contributed by atoms with Gasteiger partial charge in [-0.3, -0.25) is 0 Å². The molecule has 0 spiro atoms. The molecule has 112 valence electrons. The summed E-state index contributed by atoms with van der Waals surface area (Å²) in [6, 6.07) is 10.8. The van der Waals surface area contributed by atoms with Crippen LogP contribution in [0.15, 0.2) is 36.4 Å². The average Bonchev–Trinajstić information content (AvgIpc) is 2.44. The van der Waals surface area contributed by atoms with Gasteiger partial charge in [0, 0.05) is 5.56 Å². The first-order chi connectivity index (χ1) is 10.0. The lowest BCUT2D eigenvalue weighted by molar-refractivity contribution is 0.195. The summed E-state index contributed by atoms with van der Waals surface area (Å²) in [7, 11) is 0. The van der Waals surface area contributed by atoms with Crippen molar-refractivity contribution in [1.82, 2.24) is 0 Å². The first-order valence-electron chi connectivity index (χ1n) is 7.26. The van der Waals surface area contributed by atoms with Gasteiger partial charge in [-0.15, -0.1) is 0 Å². The number of ether oxygens (including phenoxy) is 1. The van der Waals surface area contributed by atoms with Crippen molar-refractivity contribution in [2.24, 2.45) is 0 Å². The summed E-state index contributed by atoms with van der Waals surface area (Å²) in [4.78, 5) is 0. The smallest absolute Gasteiger partial charge is 0.133 e. The Morgan fingerprint density at radius 1 is 1.19 bits per heavy atom. The summed E-state index contributed by atoms with van der Waals surface area (Å²) in [5.41, 5.74) is 2.21. The molecular formula is C18H21FO2. The zero-order valence-corrected chi connectivity index (χ0v) is 12.7. The van der Waals surface area contributed by atoms with Crippen LogP contribution in [0.25, 0.3) is 0 Å². The minimum atomic E-state index is -0.783. The predicted octanol–water partition coefficient (Wildman–Crippen LogP) is 4.93. The molecule has 2 nitrogen and oxygen atoms in total. The molecule has 1 atom stereocenters. The molecule has 2 rings (SSSR count). The van der Waals surface area contributed by atoms with Gasteiger partial charge in [-0.1, -0.05) is 25.5 Å². The van der Waals surface area contributed by atoms with Gasteiger partial charge in [0.05, 0.1) is 6.10 Å². The molecule has 0 saturated heterocycles. The highest BCUT2D eigenvalue weighted by Gasteiger charge is 2.13. The van der Waals surface area contributed by atoms with E-state index in [1.165, 1.54) is 11.6 Å². The summed E-state index contributed by atoms with van der Waals surface area (Å²) < 4.78 is 19.4. The monoisotopic (exact) mass is 288 g/mol. The van der Waals surface area contributed by atoms with E-state index in [1.807, 2.05) is 24.3 Å². The number of halogens is 1. The van der Waals surface area contributed by atoms with Crippen molar-refractivity contribution < 1.29 is 14.2 Å². The molecule has 0 bridgehead atoms. The summed E-state index contributed by atoms with van der Waals surface area (Å²) in [6.07, 6.45) is 1.35. The molecule has 0 saturated carbocycles. The molecule has 21 heavy (non-hydrogen) atoms. The third-order valence-electron chi connectivity index (χ3n) is 3.43. The van der Waals surface area contributed by atoms with E-state index in [0.717, 1.165) is 12.8 Å². The van der Waals surface area contributed by atoms with Gasteiger partial charge >= 0.3 is 0 Å². The Hall–Kier alpha value is -1.87. The molecule has 0 amide bonds. The third-order valence-corrected chi connectivity index (χ3v) is 3.43. The van der Waals surface area contributed by atoms with E-state index in [2.05, 4.69) is 6.92 Å². The van der Waals surface area contributed by atoms with Gasteiger partial charge in [0.1, 0.15) is 17.3 Å². The van der Waals surface area contributed by atoms with E-state index in [0.29, 0.717) is 22.6 Å². The van der Waals surface area contributed by atoms with E-state index >= 15 is 0 Å². The van der Waals surface area contributed by atoms with Crippen molar-refractivity contribution in [1.29, 1.82) is 0 Å². The molecule has 0 aliphatic rings. The number of aryl methyl sites for hydroxylation is 2. The molecule has 2 aromatic rings. The summed E-state index contributed by atoms with van der Waals surface area (Å²) in [5, 5.41) is 9.77. The summed E-state index contributed by atoms with van der Waals surface area (Å²) >= 11 is 0. The highest BCUT2D eigenvalue weighted by atomic mass is 19.1. The summed E-state index contributed by atoms with van der Waals surface area (Å²) in [5.74, 6) is 0.839. The maximum atomic E-state index is 13.6. The molecule has 0 heterocycles. The minimum Gasteiger partial charge on any atom is -0.457 e. The number of aliphatic hydroxyl groups is 1. The molecule has 1 N–H and O–H groups in total. The van der Waals surface area contributed by atoms with E-state index in [1.54, 1.807) is 19.9 Å². The maximum Gasteiger partial charge on any atom is 0.133 e. The normalized spacial score (nSPS) is 12.2. The molecule has 0 aliphatic heterocycles. The van der Waals surface area contributed by atoms with E-state index in [9.17, 15) is 9.50 Å². The van der Waals surface area contributed by atoms with Gasteiger partial charge in [-0.2, -0.15) is 0 Å². The zero-order valence-electron chi connectivity index (χ0n) is 12.7. The Morgan fingerprint density at radius 3 is 2.43 bits per heavy atom. The average molecular weight is 288 g/mol. The highest BCUT2D eigenvalue weighted by molar-refractivity contribution is 5.42. The highest BCUT2D eigenvalue weighted by Crippen LogP contribution is 2.32. The standard InChI is InChI=1S/C18H21FO2/c1-4-5-14-6-8-15(9-7-14)21-18-10-12(2)17(19)11-16(18)13(3)20/h6-11,13,20H,4-5H2,1-3H3/t13-/m1/s1. The van der Waals surface area contributed by atoms with Gasteiger partial charge < -0.3 is 9.84 Å². The van der Waals surface area contributed by atoms with E-state index in [4.69, 9.17) is 4.74 Å². The van der Waals surface area contributed by atoms with Gasteiger partial charge in [0.25, 0.3) is 0 Å². The van der Waals surface area contributed by atoms with Crippen LogP contribution < -0.4 is 4.74 Å². The fourth-order valence-electron chi connectivity index (χ4n) is 2.23. The Balaban J connectivity index is 2.28. The summed E-state index contributed by atoms with van der Waals surface area (Å²) in [6.45, 7) is 5.42. The maximum absolute atomic E-state index is 13.6. The lowest BCUT2D eigenvalue weighted by atomic mass is 10.1. The van der Waals surface area contributed by atoms with Crippen LogP contribution in [0.4, 0.5) is 4.39 Å². The topological polar surface area (TPSA) is 29.5 Å². The fraction of sp³-hybridized carbons (Fsp3) is 0.333. The van der Waals surface area contributed by atoms with Gasteiger partial charge in [-0.05, 0) is 55.7 Å². The van der Waals surface area contributed by atoms with Crippen molar-refractivity contribution in [3.63, 3.8) is 0 Å². The molecule has 2 aromatic carbocycles. The lowest BCUT2D eigenvalue weighted by Gasteiger charge is -2.15. The Kier molecular flexibility index (Phi) is 4.97. The van der Waals surface area contributed by atoms with Crippen LogP contribution >= 0.6 is 0 Å². The second-order valence-corrected chi connectivity index (χ2v) is 5.31. The van der Waals surface area contributed by atoms with Gasteiger partial charge in [0.2, 0.25) is 0 Å². The van der Waals surface area contributed by atoms with Crippen LogP contribution in [0, 0.1) is 12.7 Å². The predicted molar refractivity (Wildman–Crippen MR) is 82.3 cm³/mol. The lowest BCUT2D eigenvalue weighted by Crippen LogP contribution is -1.99. The van der Waals surface area contributed by atoms with Crippen LogP contribution in [0.3, 0.4) is 0 Å². The van der Waals surface area contributed by atoms with Crippen molar-refractivity contribution in [3.8, 4) is 11.5 Å². The van der Waals surface area contributed by atoms with Crippen LogP contribution in [-0.4, -0.2) is 5.11 Å². The first-order valence-corrected chi connectivity index (χ1v) is 7.26. The number of aliphatic hydroxyl groups excluding tert-OH is 1. The number of hydrogen-bond donors (Lipinski definition) is 1. The number of rotatable bonds is 5. The minimum absolute atomic E-state index is 0.337. The number of hydrogen-bond acceptors (Lipinski definition) is 2. The Bertz CT molecular complexity index is 603. The van der Waals surface area contributed by atoms with Crippen molar-refractivity contribution in [2.75, 3.05) is 0 Å². The largest absolute Gasteiger partial charge is 0.457 e. The van der Waals surface area contributed by atoms with Crippen LogP contribution in [0.5, 0.6) is 11.5 Å². The van der Waals surface area contributed by atoms with E-state index in [-0.39, 0.29) is 5.82 Å². The van der Waals surface area contributed by atoms with Gasteiger partial charge in [-0.25, -0.2) is 4.39 Å². The SMILES string of the molecule is CCCc1ccc(Oc2cc(C)c(F)cc2[C@@H](C)O)cc1. The molecule has 0 radical (unpaired) electrons. The Labute approximate surface area is 125 Å². The van der Waals surface area contributed by atoms with Crippen LogP contribution in [-0.2, 0) is 6.42 Å². The second kappa shape index (κ2) is 6.72. The van der Waals surface area contributed by atoms with Crippen molar-refractivity contribution in [3.05, 3.63) is 58.9 Å². The molecule has 0 aromatic heterocycles. The second-order valence-electron chi connectivity index (χ2n) is 5.31. The molecule has 3 heteroatoms. The fourth-order valence-corrected chi connectivity index (χ4v) is 2.23. The molecule has 0 aliphatic carbocycles. The van der Waals surface area contributed by atoms with Crippen LogP contribution in [0.2, 0.25) is 0 Å². The van der Waals surface area contributed by atoms with Crippen molar-refractivity contribution >= 4 is 0 Å². The molecule has 0 unspecified atom stereocenters. The van der Waals surface area contributed by atoms with Crippen LogP contribution in [0.1, 0.15) is 43.1 Å².